The van der Waals surface area contributed by atoms with Gasteiger partial charge in [0.1, 0.15) is 11.5 Å². The molecule has 10 heteroatoms. The van der Waals surface area contributed by atoms with Gasteiger partial charge in [0.2, 0.25) is 0 Å². The van der Waals surface area contributed by atoms with Crippen LogP contribution in [0, 0.1) is 5.82 Å². The zero-order valence-corrected chi connectivity index (χ0v) is 13.9. The number of aromatic hydroxyl groups is 1. The Labute approximate surface area is 151 Å². The second-order valence-corrected chi connectivity index (χ2v) is 6.07. The van der Waals surface area contributed by atoms with Crippen molar-refractivity contribution in [3.63, 3.8) is 0 Å². The molecule has 1 aliphatic rings. The number of halogens is 1. The van der Waals surface area contributed by atoms with Gasteiger partial charge in [-0.15, -0.1) is 0 Å². The number of hydrogen-bond acceptors (Lipinski definition) is 5. The fraction of sp³-hybridized carbons (Fsp3) is 0.176. The molecule has 1 aromatic carbocycles. The van der Waals surface area contributed by atoms with Crippen LogP contribution in [0.15, 0.2) is 30.5 Å². The van der Waals surface area contributed by atoms with E-state index in [9.17, 15) is 24.2 Å². The average molecular weight is 371 g/mol. The van der Waals surface area contributed by atoms with Gasteiger partial charge in [0.25, 0.3) is 5.91 Å². The summed E-state index contributed by atoms with van der Waals surface area (Å²) in [4.78, 5) is 25.4. The van der Waals surface area contributed by atoms with Crippen LogP contribution in [0.4, 0.5) is 4.39 Å². The fourth-order valence-corrected chi connectivity index (χ4v) is 3.07. The van der Waals surface area contributed by atoms with E-state index in [1.165, 1.54) is 23.1 Å². The lowest BCUT2D eigenvalue weighted by Crippen LogP contribution is -2.36. The van der Waals surface area contributed by atoms with Crippen LogP contribution in [-0.2, 0) is 13.0 Å². The van der Waals surface area contributed by atoms with Crippen LogP contribution < -0.4 is 0 Å². The zero-order valence-electron chi connectivity index (χ0n) is 13.9. The van der Waals surface area contributed by atoms with Gasteiger partial charge in [-0.3, -0.25) is 9.89 Å². The Morgan fingerprint density at radius 3 is 2.74 bits per heavy atom. The molecule has 138 valence electrons. The Bertz CT molecular complexity index is 1060. The van der Waals surface area contributed by atoms with Crippen molar-refractivity contribution < 1.29 is 24.2 Å². The second-order valence-electron chi connectivity index (χ2n) is 6.07. The van der Waals surface area contributed by atoms with Gasteiger partial charge >= 0.3 is 5.97 Å². The first-order chi connectivity index (χ1) is 13.0. The average Bonchev–Trinajstić information content (AvgIpc) is 3.24. The fourth-order valence-electron chi connectivity index (χ4n) is 3.07. The molecule has 0 unspecified atom stereocenters. The highest BCUT2D eigenvalue weighted by atomic mass is 19.1. The number of aromatic amines is 1. The molecule has 0 aliphatic carbocycles. The Morgan fingerprint density at radius 1 is 1.22 bits per heavy atom. The molecule has 0 saturated heterocycles. The molecule has 0 fully saturated rings. The van der Waals surface area contributed by atoms with Gasteiger partial charge < -0.3 is 15.1 Å². The molecule has 0 spiro atoms. The zero-order chi connectivity index (χ0) is 19.1. The number of aromatic carboxylic acids is 1. The summed E-state index contributed by atoms with van der Waals surface area (Å²) in [6.07, 6.45) is 1.55. The number of hydrogen-bond donors (Lipinski definition) is 3. The van der Waals surface area contributed by atoms with E-state index in [0.717, 1.165) is 10.9 Å². The van der Waals surface area contributed by atoms with Crippen LogP contribution in [-0.4, -0.2) is 53.5 Å². The van der Waals surface area contributed by atoms with Crippen molar-refractivity contribution in [2.75, 3.05) is 6.54 Å². The molecule has 0 saturated carbocycles. The van der Waals surface area contributed by atoms with Gasteiger partial charge in [0, 0.05) is 24.2 Å². The molecule has 0 radical (unpaired) electrons. The minimum absolute atomic E-state index is 0.0261. The molecule has 2 aromatic heterocycles. The highest BCUT2D eigenvalue weighted by Crippen LogP contribution is 2.25. The summed E-state index contributed by atoms with van der Waals surface area (Å²) in [5.74, 6) is -2.70. The topological polar surface area (TPSA) is 124 Å². The van der Waals surface area contributed by atoms with Gasteiger partial charge in [-0.25, -0.2) is 13.9 Å². The lowest BCUT2D eigenvalue weighted by atomic mass is 10.0. The predicted octanol–water partition coefficient (Wildman–Crippen LogP) is 1.34. The van der Waals surface area contributed by atoms with Crippen molar-refractivity contribution in [2.24, 2.45) is 0 Å². The van der Waals surface area contributed by atoms with Gasteiger partial charge in [-0.1, -0.05) is 12.1 Å². The van der Waals surface area contributed by atoms with Crippen LogP contribution in [0.5, 0.6) is 5.75 Å². The Morgan fingerprint density at radius 2 is 2.00 bits per heavy atom. The largest absolute Gasteiger partial charge is 0.504 e. The molecular formula is C17H14FN5O4. The van der Waals surface area contributed by atoms with Crippen molar-refractivity contribution >= 4 is 11.9 Å². The Hall–Kier alpha value is -3.69. The highest BCUT2D eigenvalue weighted by molar-refractivity contribution is 5.95. The van der Waals surface area contributed by atoms with Crippen molar-refractivity contribution in [3.05, 3.63) is 58.9 Å². The molecular weight excluding hydrogens is 357 g/mol. The monoisotopic (exact) mass is 371 g/mol. The van der Waals surface area contributed by atoms with Crippen molar-refractivity contribution in [3.8, 4) is 11.4 Å². The van der Waals surface area contributed by atoms with Crippen LogP contribution in [0.3, 0.4) is 0 Å². The van der Waals surface area contributed by atoms with E-state index in [1.54, 1.807) is 6.07 Å². The minimum atomic E-state index is -1.19. The summed E-state index contributed by atoms with van der Waals surface area (Å²) in [6.45, 7) is 0.331. The SMILES string of the molecule is O=C(O)c1n[nH]c2c1CN(C(=O)c1nn(-c3ccccc3F)cc1O)CC2. The van der Waals surface area contributed by atoms with E-state index in [4.69, 9.17) is 0 Å². The van der Waals surface area contributed by atoms with E-state index in [0.29, 0.717) is 24.2 Å². The van der Waals surface area contributed by atoms with Crippen molar-refractivity contribution in [2.45, 2.75) is 13.0 Å². The maximum Gasteiger partial charge on any atom is 0.356 e. The molecule has 0 bridgehead atoms. The molecule has 27 heavy (non-hydrogen) atoms. The number of benzene rings is 1. The van der Waals surface area contributed by atoms with E-state index < -0.39 is 17.7 Å². The molecule has 1 amide bonds. The van der Waals surface area contributed by atoms with E-state index in [1.807, 2.05) is 0 Å². The summed E-state index contributed by atoms with van der Waals surface area (Å²) < 4.78 is 15.0. The third-order valence-electron chi connectivity index (χ3n) is 4.42. The summed E-state index contributed by atoms with van der Waals surface area (Å²) >= 11 is 0. The molecule has 4 rings (SSSR count). The first-order valence-electron chi connectivity index (χ1n) is 8.08. The third kappa shape index (κ3) is 2.80. The predicted molar refractivity (Wildman–Crippen MR) is 89.2 cm³/mol. The van der Waals surface area contributed by atoms with Crippen LogP contribution in [0.2, 0.25) is 0 Å². The molecule has 3 heterocycles. The summed E-state index contributed by atoms with van der Waals surface area (Å²) in [6, 6.07) is 5.84. The number of aromatic nitrogens is 4. The summed E-state index contributed by atoms with van der Waals surface area (Å²) in [5.41, 5.74) is 0.814. The number of para-hydroxylation sites is 1. The van der Waals surface area contributed by atoms with Crippen LogP contribution in [0.1, 0.15) is 32.2 Å². The lowest BCUT2D eigenvalue weighted by Gasteiger charge is -2.26. The number of nitrogens with zero attached hydrogens (tertiary/aromatic N) is 4. The molecule has 3 aromatic rings. The normalized spacial score (nSPS) is 13.4. The number of carboxylic acids is 1. The third-order valence-corrected chi connectivity index (χ3v) is 4.42. The summed E-state index contributed by atoms with van der Waals surface area (Å²) in [5, 5.41) is 29.8. The second kappa shape index (κ2) is 6.24. The summed E-state index contributed by atoms with van der Waals surface area (Å²) in [7, 11) is 0. The first-order valence-corrected chi connectivity index (χ1v) is 8.08. The first kappa shape index (κ1) is 16.8. The number of rotatable bonds is 3. The number of amides is 1. The van der Waals surface area contributed by atoms with E-state index in [2.05, 4.69) is 15.3 Å². The van der Waals surface area contributed by atoms with Gasteiger partial charge in [0.15, 0.2) is 17.1 Å². The molecule has 1 aliphatic heterocycles. The molecule has 9 nitrogen and oxygen atoms in total. The van der Waals surface area contributed by atoms with Crippen molar-refractivity contribution in [1.82, 2.24) is 24.9 Å². The van der Waals surface area contributed by atoms with Gasteiger partial charge in [0.05, 0.1) is 12.7 Å². The lowest BCUT2D eigenvalue weighted by molar-refractivity contribution is 0.0672. The number of H-pyrrole nitrogens is 1. The van der Waals surface area contributed by atoms with E-state index in [-0.39, 0.29) is 29.4 Å². The van der Waals surface area contributed by atoms with Gasteiger partial charge in [-0.2, -0.15) is 10.2 Å². The number of carboxylic acid groups (broad SMARTS) is 1. The maximum absolute atomic E-state index is 13.9. The Kier molecular flexibility index (Phi) is 3.87. The number of fused-ring (bicyclic) bond motifs is 1. The van der Waals surface area contributed by atoms with Crippen LogP contribution in [0.25, 0.3) is 5.69 Å². The van der Waals surface area contributed by atoms with Crippen molar-refractivity contribution in [1.29, 1.82) is 0 Å². The van der Waals surface area contributed by atoms with Crippen LogP contribution >= 0.6 is 0 Å². The maximum atomic E-state index is 13.9. The molecule has 3 N–H and O–H groups in total. The van der Waals surface area contributed by atoms with E-state index >= 15 is 0 Å². The smallest absolute Gasteiger partial charge is 0.356 e. The molecule has 0 atom stereocenters. The standard InChI is InChI=1S/C17H14FN5O4/c18-10-3-1-2-4-12(10)23-8-13(24)15(21-23)16(25)22-6-5-11-9(7-22)14(17(26)27)20-19-11/h1-4,8,24H,5-7H2,(H,19,20)(H,26,27). The Balaban J connectivity index is 1.63. The minimum Gasteiger partial charge on any atom is -0.504 e. The number of nitrogens with one attached hydrogen (secondary N) is 1. The highest BCUT2D eigenvalue weighted by Gasteiger charge is 2.30. The number of carbonyl (C=O) groups excluding carboxylic acids is 1. The van der Waals surface area contributed by atoms with Gasteiger partial charge in [-0.05, 0) is 12.1 Å². The quantitative estimate of drug-likeness (QED) is 0.638. The number of carbonyl (C=O) groups is 2.